The molecule has 0 saturated carbocycles. The number of hydrogen-bond donors (Lipinski definition) is 3. The number of nitrogens with two attached hydrogens (primary N) is 1. The summed E-state index contributed by atoms with van der Waals surface area (Å²) in [6.45, 7) is 0. The number of hydrogen-bond acceptors (Lipinski definition) is 3. The van der Waals surface area contributed by atoms with Gasteiger partial charge in [-0.05, 0) is 47.9 Å². The smallest absolute Gasteiger partial charge is 0.248 e. The van der Waals surface area contributed by atoms with Crippen LogP contribution in [-0.2, 0) is 11.2 Å². The maximum atomic E-state index is 13.0. The van der Waals surface area contributed by atoms with Crippen LogP contribution in [0.4, 0.5) is 4.39 Å². The second-order valence-electron chi connectivity index (χ2n) is 6.96. The number of benzene rings is 2. The minimum absolute atomic E-state index is 0.143. The fourth-order valence-corrected chi connectivity index (χ4v) is 3.41. The molecule has 2 aromatic carbocycles. The number of primary amides is 1. The maximum absolute atomic E-state index is 13.0. The van der Waals surface area contributed by atoms with E-state index in [1.54, 1.807) is 30.3 Å². The van der Waals surface area contributed by atoms with Crippen molar-refractivity contribution in [2.45, 2.75) is 18.9 Å². The quantitative estimate of drug-likeness (QED) is 0.624. The molecule has 1 aliphatic carbocycles. The molecular formula is C22H19FN4O2. The van der Waals surface area contributed by atoms with E-state index in [-0.39, 0.29) is 24.2 Å². The third-order valence-corrected chi connectivity index (χ3v) is 4.86. The first-order valence-corrected chi connectivity index (χ1v) is 9.19. The van der Waals surface area contributed by atoms with Crippen LogP contribution >= 0.6 is 0 Å². The van der Waals surface area contributed by atoms with E-state index in [1.807, 2.05) is 18.2 Å². The lowest BCUT2D eigenvalue weighted by Gasteiger charge is -2.19. The molecular weight excluding hydrogens is 371 g/mol. The van der Waals surface area contributed by atoms with Crippen LogP contribution in [0.25, 0.3) is 16.5 Å². The lowest BCUT2D eigenvalue weighted by molar-refractivity contribution is -0.120. The summed E-state index contributed by atoms with van der Waals surface area (Å²) in [5.41, 5.74) is 9.01. The Kier molecular flexibility index (Phi) is 4.95. The minimum atomic E-state index is -0.498. The molecule has 3 aromatic rings. The number of nitrogens with zero attached hydrogens (tertiary/aromatic N) is 1. The normalized spacial score (nSPS) is 15.9. The first-order valence-electron chi connectivity index (χ1n) is 9.19. The van der Waals surface area contributed by atoms with E-state index in [1.165, 1.54) is 12.1 Å². The molecule has 0 aliphatic heterocycles. The number of halogens is 1. The molecule has 1 atom stereocenters. The van der Waals surface area contributed by atoms with Crippen LogP contribution in [0, 0.1) is 5.82 Å². The van der Waals surface area contributed by atoms with Crippen molar-refractivity contribution in [1.29, 1.82) is 0 Å². The SMILES string of the molecule is NC(=O)c1ccc2[nH]nc(C3=CC=CC(NC(=O)Cc4ccc(F)cc4)C3)c2c1. The number of nitrogens with one attached hydrogen (secondary N) is 2. The summed E-state index contributed by atoms with van der Waals surface area (Å²) in [6, 6.07) is 10.8. The number of aromatic nitrogens is 2. The Morgan fingerprint density at radius 2 is 2.00 bits per heavy atom. The largest absolute Gasteiger partial charge is 0.366 e. The Morgan fingerprint density at radius 1 is 1.21 bits per heavy atom. The number of amides is 2. The highest BCUT2D eigenvalue weighted by Gasteiger charge is 2.19. The van der Waals surface area contributed by atoms with Crippen LogP contribution in [0.5, 0.6) is 0 Å². The van der Waals surface area contributed by atoms with E-state index < -0.39 is 5.91 Å². The summed E-state index contributed by atoms with van der Waals surface area (Å²) >= 11 is 0. The van der Waals surface area contributed by atoms with E-state index in [4.69, 9.17) is 5.73 Å². The first kappa shape index (κ1) is 18.6. The summed E-state index contributed by atoms with van der Waals surface area (Å²) in [6.07, 6.45) is 6.47. The van der Waals surface area contributed by atoms with Gasteiger partial charge in [0.2, 0.25) is 11.8 Å². The maximum Gasteiger partial charge on any atom is 0.248 e. The Morgan fingerprint density at radius 3 is 2.76 bits per heavy atom. The molecule has 2 amide bonds. The van der Waals surface area contributed by atoms with Crippen molar-refractivity contribution in [3.8, 4) is 0 Å². The highest BCUT2D eigenvalue weighted by molar-refractivity contribution is 5.99. The van der Waals surface area contributed by atoms with E-state index in [2.05, 4.69) is 15.5 Å². The van der Waals surface area contributed by atoms with Crippen LogP contribution in [0.3, 0.4) is 0 Å². The van der Waals surface area contributed by atoms with Gasteiger partial charge in [0, 0.05) is 10.9 Å². The Bertz CT molecular complexity index is 1150. The second-order valence-corrected chi connectivity index (χ2v) is 6.96. The minimum Gasteiger partial charge on any atom is -0.366 e. The highest BCUT2D eigenvalue weighted by atomic mass is 19.1. The van der Waals surface area contributed by atoms with Gasteiger partial charge in [0.25, 0.3) is 0 Å². The number of carbonyl (C=O) groups is 2. The number of allylic oxidation sites excluding steroid dienone is 2. The molecule has 29 heavy (non-hydrogen) atoms. The molecule has 0 radical (unpaired) electrons. The number of rotatable bonds is 5. The van der Waals surface area contributed by atoms with Crippen LogP contribution < -0.4 is 11.1 Å². The van der Waals surface area contributed by atoms with Gasteiger partial charge in [0.05, 0.1) is 23.7 Å². The van der Waals surface area contributed by atoms with E-state index >= 15 is 0 Å². The van der Waals surface area contributed by atoms with Crippen LogP contribution in [0.1, 0.15) is 28.0 Å². The molecule has 1 heterocycles. The number of H-pyrrole nitrogens is 1. The lowest BCUT2D eigenvalue weighted by Crippen LogP contribution is -2.35. The zero-order chi connectivity index (χ0) is 20.4. The molecule has 0 fully saturated rings. The number of fused-ring (bicyclic) bond motifs is 1. The van der Waals surface area contributed by atoms with Crippen molar-refractivity contribution in [1.82, 2.24) is 15.5 Å². The zero-order valence-electron chi connectivity index (χ0n) is 15.5. The molecule has 6 nitrogen and oxygen atoms in total. The Hall–Kier alpha value is -3.74. The molecule has 0 spiro atoms. The summed E-state index contributed by atoms with van der Waals surface area (Å²) in [5, 5.41) is 11.1. The van der Waals surface area contributed by atoms with Crippen molar-refractivity contribution >= 4 is 28.3 Å². The van der Waals surface area contributed by atoms with Crippen molar-refractivity contribution in [2.75, 3.05) is 0 Å². The van der Waals surface area contributed by atoms with Gasteiger partial charge in [0.1, 0.15) is 5.82 Å². The average molecular weight is 390 g/mol. The van der Waals surface area contributed by atoms with Gasteiger partial charge in [-0.1, -0.05) is 30.4 Å². The van der Waals surface area contributed by atoms with Crippen molar-refractivity contribution in [3.63, 3.8) is 0 Å². The van der Waals surface area contributed by atoms with Crippen LogP contribution in [-0.4, -0.2) is 28.1 Å². The van der Waals surface area contributed by atoms with Crippen LogP contribution in [0.15, 0.2) is 60.7 Å². The van der Waals surface area contributed by atoms with Crippen molar-refractivity contribution < 1.29 is 14.0 Å². The van der Waals surface area contributed by atoms with Gasteiger partial charge < -0.3 is 11.1 Å². The Labute approximate surface area is 166 Å². The molecule has 1 unspecified atom stereocenters. The molecule has 146 valence electrons. The van der Waals surface area contributed by atoms with Crippen molar-refractivity contribution in [2.24, 2.45) is 5.73 Å². The van der Waals surface area contributed by atoms with Gasteiger partial charge in [0.15, 0.2) is 0 Å². The van der Waals surface area contributed by atoms with Gasteiger partial charge in [-0.25, -0.2) is 4.39 Å². The molecule has 0 bridgehead atoms. The van der Waals surface area contributed by atoms with Gasteiger partial charge >= 0.3 is 0 Å². The van der Waals surface area contributed by atoms with Gasteiger partial charge in [-0.15, -0.1) is 0 Å². The molecule has 4 rings (SSSR count). The topological polar surface area (TPSA) is 101 Å². The average Bonchev–Trinajstić information content (AvgIpc) is 3.13. The van der Waals surface area contributed by atoms with E-state index in [0.717, 1.165) is 27.7 Å². The third-order valence-electron chi connectivity index (χ3n) is 4.86. The Balaban J connectivity index is 1.48. The predicted octanol–water partition coefficient (Wildman–Crippen LogP) is 2.87. The first-order chi connectivity index (χ1) is 14.0. The van der Waals surface area contributed by atoms with Crippen molar-refractivity contribution in [3.05, 3.63) is 83.3 Å². The fourth-order valence-electron chi connectivity index (χ4n) is 3.41. The predicted molar refractivity (Wildman–Crippen MR) is 108 cm³/mol. The lowest BCUT2D eigenvalue weighted by atomic mass is 9.95. The van der Waals surface area contributed by atoms with Gasteiger partial charge in [-0.3, -0.25) is 14.7 Å². The number of carbonyl (C=O) groups excluding carboxylic acids is 2. The highest BCUT2D eigenvalue weighted by Crippen LogP contribution is 2.29. The monoisotopic (exact) mass is 390 g/mol. The molecule has 0 saturated heterocycles. The zero-order valence-corrected chi connectivity index (χ0v) is 15.5. The van der Waals surface area contributed by atoms with Crippen LogP contribution in [0.2, 0.25) is 0 Å². The second kappa shape index (κ2) is 7.71. The standard InChI is InChI=1S/C22H19FN4O2/c23-16-7-4-13(5-8-16)10-20(28)25-17-3-1-2-14(11-17)21-18-12-15(22(24)29)6-9-19(18)26-27-21/h1-9,12,17H,10-11H2,(H2,24,29)(H,25,28)(H,26,27). The summed E-state index contributed by atoms with van der Waals surface area (Å²) in [5.74, 6) is -0.970. The van der Waals surface area contributed by atoms with Gasteiger partial charge in [-0.2, -0.15) is 5.10 Å². The van der Waals surface area contributed by atoms with E-state index in [9.17, 15) is 14.0 Å². The summed E-state index contributed by atoms with van der Waals surface area (Å²) in [4.78, 5) is 23.9. The molecule has 1 aliphatic rings. The molecule has 4 N–H and O–H groups in total. The summed E-state index contributed by atoms with van der Waals surface area (Å²) < 4.78 is 13.0. The van der Waals surface area contributed by atoms with E-state index in [0.29, 0.717) is 12.0 Å². The third kappa shape index (κ3) is 4.08. The fraction of sp³-hybridized carbons (Fsp3) is 0.136. The molecule has 7 heteroatoms. The molecule has 1 aromatic heterocycles. The number of aromatic amines is 1. The summed E-state index contributed by atoms with van der Waals surface area (Å²) in [7, 11) is 0.